The SMILES string of the molecule is CC(Oc1ccc(-c2ccccc2)cc1)C(=O)N1CCNC(=O)C1CC(=O)OCc1ccccc1. The van der Waals surface area contributed by atoms with Gasteiger partial charge >= 0.3 is 5.97 Å². The molecular formula is C28H28N2O5. The summed E-state index contributed by atoms with van der Waals surface area (Å²) in [7, 11) is 0. The number of hydrogen-bond acceptors (Lipinski definition) is 5. The van der Waals surface area contributed by atoms with Crippen molar-refractivity contribution in [3.8, 4) is 16.9 Å². The Labute approximate surface area is 204 Å². The van der Waals surface area contributed by atoms with Crippen molar-refractivity contribution in [2.75, 3.05) is 13.1 Å². The lowest BCUT2D eigenvalue weighted by Crippen LogP contribution is -2.60. The Bertz CT molecular complexity index is 1150. The minimum atomic E-state index is -0.939. The lowest BCUT2D eigenvalue weighted by molar-refractivity contribution is -0.154. The van der Waals surface area contributed by atoms with E-state index in [-0.39, 0.29) is 24.8 Å². The van der Waals surface area contributed by atoms with Crippen molar-refractivity contribution in [3.63, 3.8) is 0 Å². The van der Waals surface area contributed by atoms with E-state index in [1.54, 1.807) is 6.92 Å². The Kier molecular flexibility index (Phi) is 7.77. The minimum absolute atomic E-state index is 0.112. The molecule has 3 aromatic carbocycles. The predicted octanol–water partition coefficient (Wildman–Crippen LogP) is 3.58. The first-order valence-electron chi connectivity index (χ1n) is 11.6. The number of carbonyl (C=O) groups excluding carboxylic acids is 3. The van der Waals surface area contributed by atoms with E-state index in [1.165, 1.54) is 4.90 Å². The maximum Gasteiger partial charge on any atom is 0.308 e. The van der Waals surface area contributed by atoms with E-state index in [9.17, 15) is 14.4 Å². The Morgan fingerprint density at radius 1 is 0.943 bits per heavy atom. The number of nitrogens with zero attached hydrogens (tertiary/aromatic N) is 1. The molecule has 7 heteroatoms. The van der Waals surface area contributed by atoms with Gasteiger partial charge in [0.05, 0.1) is 6.42 Å². The van der Waals surface area contributed by atoms with Crippen LogP contribution in [-0.2, 0) is 25.7 Å². The molecular weight excluding hydrogens is 444 g/mol. The highest BCUT2D eigenvalue weighted by Crippen LogP contribution is 2.23. The van der Waals surface area contributed by atoms with Gasteiger partial charge in [0.15, 0.2) is 6.10 Å². The first kappa shape index (κ1) is 24.0. The highest BCUT2D eigenvalue weighted by molar-refractivity contribution is 5.93. The van der Waals surface area contributed by atoms with Crippen molar-refractivity contribution in [2.45, 2.75) is 32.1 Å². The third-order valence-electron chi connectivity index (χ3n) is 5.84. The van der Waals surface area contributed by atoms with Crippen LogP contribution < -0.4 is 10.1 Å². The van der Waals surface area contributed by atoms with E-state index in [2.05, 4.69) is 5.32 Å². The summed E-state index contributed by atoms with van der Waals surface area (Å²) in [5.74, 6) is -0.724. The van der Waals surface area contributed by atoms with Crippen LogP contribution >= 0.6 is 0 Å². The summed E-state index contributed by atoms with van der Waals surface area (Å²) in [6.07, 6.45) is -1.05. The molecule has 2 unspecified atom stereocenters. The van der Waals surface area contributed by atoms with Crippen LogP contribution in [0.5, 0.6) is 5.75 Å². The first-order valence-corrected chi connectivity index (χ1v) is 11.6. The topological polar surface area (TPSA) is 84.9 Å². The number of rotatable bonds is 8. The van der Waals surface area contributed by atoms with Crippen molar-refractivity contribution >= 4 is 17.8 Å². The molecule has 0 saturated carbocycles. The monoisotopic (exact) mass is 472 g/mol. The van der Waals surface area contributed by atoms with Crippen molar-refractivity contribution in [1.82, 2.24) is 10.2 Å². The number of carbonyl (C=O) groups is 3. The molecule has 1 heterocycles. The molecule has 3 aromatic rings. The highest BCUT2D eigenvalue weighted by atomic mass is 16.5. The number of piperazine rings is 1. The van der Waals surface area contributed by atoms with Crippen LogP contribution in [0.2, 0.25) is 0 Å². The maximum atomic E-state index is 13.2. The average molecular weight is 473 g/mol. The molecule has 1 fully saturated rings. The molecule has 35 heavy (non-hydrogen) atoms. The minimum Gasteiger partial charge on any atom is -0.481 e. The highest BCUT2D eigenvalue weighted by Gasteiger charge is 2.37. The lowest BCUT2D eigenvalue weighted by Gasteiger charge is -2.36. The van der Waals surface area contributed by atoms with Crippen LogP contribution in [0.4, 0.5) is 0 Å². The van der Waals surface area contributed by atoms with E-state index in [1.807, 2.05) is 84.9 Å². The molecule has 2 atom stereocenters. The molecule has 180 valence electrons. The van der Waals surface area contributed by atoms with Gasteiger partial charge in [-0.15, -0.1) is 0 Å². The van der Waals surface area contributed by atoms with Crippen LogP contribution in [0, 0.1) is 0 Å². The van der Waals surface area contributed by atoms with Crippen molar-refractivity contribution in [1.29, 1.82) is 0 Å². The third kappa shape index (κ3) is 6.26. The fourth-order valence-corrected chi connectivity index (χ4v) is 3.98. The lowest BCUT2D eigenvalue weighted by atomic mass is 10.1. The molecule has 1 aliphatic rings. The Morgan fingerprint density at radius 3 is 2.26 bits per heavy atom. The zero-order chi connectivity index (χ0) is 24.6. The average Bonchev–Trinajstić information content (AvgIpc) is 2.90. The van der Waals surface area contributed by atoms with Crippen LogP contribution in [0.1, 0.15) is 18.9 Å². The van der Waals surface area contributed by atoms with Crippen LogP contribution in [0.15, 0.2) is 84.9 Å². The fourth-order valence-electron chi connectivity index (χ4n) is 3.98. The number of ether oxygens (including phenoxy) is 2. The quantitative estimate of drug-likeness (QED) is 0.507. The van der Waals surface area contributed by atoms with E-state index in [0.29, 0.717) is 18.8 Å². The van der Waals surface area contributed by atoms with Gasteiger partial charge in [0, 0.05) is 13.1 Å². The Hall–Kier alpha value is -4.13. The number of amides is 2. The largest absolute Gasteiger partial charge is 0.481 e. The molecule has 4 rings (SSSR count). The Morgan fingerprint density at radius 2 is 1.57 bits per heavy atom. The molecule has 0 aromatic heterocycles. The summed E-state index contributed by atoms with van der Waals surface area (Å²) in [5.41, 5.74) is 2.98. The number of nitrogens with one attached hydrogen (secondary N) is 1. The molecule has 0 spiro atoms. The Balaban J connectivity index is 1.36. The van der Waals surface area contributed by atoms with Gasteiger partial charge in [-0.2, -0.15) is 0 Å². The fraction of sp³-hybridized carbons (Fsp3) is 0.250. The predicted molar refractivity (Wildman–Crippen MR) is 131 cm³/mol. The van der Waals surface area contributed by atoms with E-state index >= 15 is 0 Å². The van der Waals surface area contributed by atoms with Gasteiger partial charge in [-0.3, -0.25) is 14.4 Å². The zero-order valence-electron chi connectivity index (χ0n) is 19.6. The van der Waals surface area contributed by atoms with Gasteiger partial charge in [-0.05, 0) is 35.7 Å². The van der Waals surface area contributed by atoms with Gasteiger partial charge in [-0.1, -0.05) is 72.8 Å². The molecule has 0 radical (unpaired) electrons. The second-order valence-electron chi connectivity index (χ2n) is 8.34. The van der Waals surface area contributed by atoms with Crippen molar-refractivity contribution < 1.29 is 23.9 Å². The van der Waals surface area contributed by atoms with Gasteiger partial charge < -0.3 is 19.7 Å². The summed E-state index contributed by atoms with van der Waals surface area (Å²) >= 11 is 0. The van der Waals surface area contributed by atoms with Gasteiger partial charge in [0.2, 0.25) is 5.91 Å². The molecule has 7 nitrogen and oxygen atoms in total. The summed E-state index contributed by atoms with van der Waals surface area (Å²) in [6, 6.07) is 25.8. The summed E-state index contributed by atoms with van der Waals surface area (Å²) in [6.45, 7) is 2.37. The molecule has 1 N–H and O–H groups in total. The van der Waals surface area contributed by atoms with Gasteiger partial charge in [-0.25, -0.2) is 0 Å². The normalized spacial score (nSPS) is 16.2. The number of benzene rings is 3. The van der Waals surface area contributed by atoms with Crippen LogP contribution in [0.3, 0.4) is 0 Å². The second kappa shape index (κ2) is 11.3. The van der Waals surface area contributed by atoms with Crippen molar-refractivity contribution in [2.24, 2.45) is 0 Å². The molecule has 1 aliphatic heterocycles. The van der Waals surface area contributed by atoms with Crippen LogP contribution in [0.25, 0.3) is 11.1 Å². The smallest absolute Gasteiger partial charge is 0.308 e. The van der Waals surface area contributed by atoms with Crippen molar-refractivity contribution in [3.05, 3.63) is 90.5 Å². The zero-order valence-corrected chi connectivity index (χ0v) is 19.6. The van der Waals surface area contributed by atoms with Crippen LogP contribution in [-0.4, -0.2) is 47.9 Å². The van der Waals surface area contributed by atoms with E-state index in [4.69, 9.17) is 9.47 Å². The number of esters is 1. The summed E-state index contributed by atoms with van der Waals surface area (Å²) in [4.78, 5) is 39.5. The van der Waals surface area contributed by atoms with E-state index < -0.39 is 18.1 Å². The molecule has 1 saturated heterocycles. The van der Waals surface area contributed by atoms with Gasteiger partial charge in [0.25, 0.3) is 5.91 Å². The van der Waals surface area contributed by atoms with Gasteiger partial charge in [0.1, 0.15) is 18.4 Å². The van der Waals surface area contributed by atoms with E-state index in [0.717, 1.165) is 16.7 Å². The summed E-state index contributed by atoms with van der Waals surface area (Å²) < 4.78 is 11.2. The third-order valence-corrected chi connectivity index (χ3v) is 5.84. The number of hydrogen-bond donors (Lipinski definition) is 1. The summed E-state index contributed by atoms with van der Waals surface area (Å²) in [5, 5.41) is 2.73. The maximum absolute atomic E-state index is 13.2. The second-order valence-corrected chi connectivity index (χ2v) is 8.34. The standard InChI is InChI=1S/C28H28N2O5/c1-20(35-24-14-12-23(13-15-24)22-10-6-3-7-11-22)28(33)30-17-16-29-27(32)25(30)18-26(31)34-19-21-8-4-2-5-9-21/h2-15,20,25H,16-19H2,1H3,(H,29,32). The molecule has 0 aliphatic carbocycles. The first-order chi connectivity index (χ1) is 17.0. The molecule has 0 bridgehead atoms. The molecule has 2 amide bonds.